The Morgan fingerprint density at radius 3 is 2.15 bits per heavy atom. The van der Waals surface area contributed by atoms with Gasteiger partial charge in [-0.15, -0.1) is 13.2 Å². The van der Waals surface area contributed by atoms with Crippen LogP contribution in [0.5, 0.6) is 0 Å². The first-order chi connectivity index (χ1) is 6.29. The van der Waals surface area contributed by atoms with Crippen LogP contribution in [0.4, 0.5) is 0 Å². The molecule has 0 fully saturated rings. The van der Waals surface area contributed by atoms with E-state index in [-0.39, 0.29) is 0 Å². The molecule has 0 bridgehead atoms. The van der Waals surface area contributed by atoms with Crippen molar-refractivity contribution in [2.75, 3.05) is 20.2 Å². The van der Waals surface area contributed by atoms with Crippen LogP contribution in [-0.4, -0.2) is 34.0 Å². The van der Waals surface area contributed by atoms with Gasteiger partial charge in [0.05, 0.1) is 0 Å². The summed E-state index contributed by atoms with van der Waals surface area (Å²) in [5.74, 6) is 0. The van der Waals surface area contributed by atoms with Crippen LogP contribution in [0.25, 0.3) is 0 Å². The van der Waals surface area contributed by atoms with Gasteiger partial charge < -0.3 is 4.43 Å². The Morgan fingerprint density at radius 2 is 1.85 bits per heavy atom. The predicted octanol–water partition coefficient (Wildman–Crippen LogP) is 1.94. The normalized spacial score (nSPS) is 12.8. The quantitative estimate of drug-likeness (QED) is 0.437. The van der Waals surface area contributed by atoms with E-state index in [1.807, 2.05) is 19.3 Å². The summed E-state index contributed by atoms with van der Waals surface area (Å²) in [5.41, 5.74) is 0. The van der Waals surface area contributed by atoms with Crippen molar-refractivity contribution < 1.29 is 4.43 Å². The van der Waals surface area contributed by atoms with Gasteiger partial charge in [0, 0.05) is 20.2 Å². The smallest absolute Gasteiger partial charge is 0.254 e. The Kier molecular flexibility index (Phi) is 7.98. The SMILES string of the molecule is C=CCN(CC=C)[SiH](CCC)OC. The maximum Gasteiger partial charge on any atom is 0.254 e. The summed E-state index contributed by atoms with van der Waals surface area (Å²) in [6.45, 7) is 11.5. The average Bonchev–Trinajstić information content (AvgIpc) is 2.14. The van der Waals surface area contributed by atoms with E-state index in [4.69, 9.17) is 4.43 Å². The van der Waals surface area contributed by atoms with Crippen LogP contribution in [-0.2, 0) is 4.43 Å². The van der Waals surface area contributed by atoms with Gasteiger partial charge >= 0.3 is 0 Å². The summed E-state index contributed by atoms with van der Waals surface area (Å²) in [7, 11) is 0.639. The largest absolute Gasteiger partial charge is 0.409 e. The third kappa shape index (κ3) is 5.03. The number of hydrogen-bond donors (Lipinski definition) is 0. The second kappa shape index (κ2) is 8.23. The van der Waals surface area contributed by atoms with Crippen molar-refractivity contribution in [3.8, 4) is 0 Å². The lowest BCUT2D eigenvalue weighted by atomic mass is 10.5. The summed E-state index contributed by atoms with van der Waals surface area (Å²) < 4.78 is 7.88. The van der Waals surface area contributed by atoms with Crippen LogP contribution >= 0.6 is 0 Å². The minimum absolute atomic E-state index is 0.913. The first kappa shape index (κ1) is 12.6. The van der Waals surface area contributed by atoms with Crippen molar-refractivity contribution in [2.45, 2.75) is 19.4 Å². The molecular weight excluding hydrogens is 178 g/mol. The summed E-state index contributed by atoms with van der Waals surface area (Å²) >= 11 is 0. The molecule has 0 rings (SSSR count). The Bertz CT molecular complexity index is 140. The molecule has 76 valence electrons. The lowest BCUT2D eigenvalue weighted by Gasteiger charge is -2.26. The molecule has 1 atom stereocenters. The van der Waals surface area contributed by atoms with E-state index in [1.54, 1.807) is 0 Å². The molecule has 0 aromatic heterocycles. The zero-order chi connectivity index (χ0) is 10.1. The van der Waals surface area contributed by atoms with E-state index in [9.17, 15) is 0 Å². The lowest BCUT2D eigenvalue weighted by Crippen LogP contribution is -2.41. The van der Waals surface area contributed by atoms with E-state index in [2.05, 4.69) is 24.6 Å². The number of rotatable bonds is 8. The van der Waals surface area contributed by atoms with E-state index >= 15 is 0 Å². The zero-order valence-electron chi connectivity index (χ0n) is 8.83. The summed E-state index contributed by atoms with van der Waals surface area (Å²) in [6.07, 6.45) is 5.05. The average molecular weight is 199 g/mol. The van der Waals surface area contributed by atoms with E-state index in [0.29, 0.717) is 0 Å². The van der Waals surface area contributed by atoms with E-state index < -0.39 is 9.20 Å². The van der Waals surface area contributed by atoms with Gasteiger partial charge in [-0.2, -0.15) is 0 Å². The molecule has 0 N–H and O–H groups in total. The molecule has 0 aliphatic rings. The fraction of sp³-hybridized carbons (Fsp3) is 0.600. The molecule has 0 heterocycles. The molecule has 0 radical (unpaired) electrons. The maximum atomic E-state index is 5.53. The van der Waals surface area contributed by atoms with Crippen LogP contribution in [0, 0.1) is 0 Å². The topological polar surface area (TPSA) is 12.5 Å². The van der Waals surface area contributed by atoms with Crippen LogP contribution in [0.3, 0.4) is 0 Å². The van der Waals surface area contributed by atoms with Crippen molar-refractivity contribution in [2.24, 2.45) is 0 Å². The van der Waals surface area contributed by atoms with Crippen molar-refractivity contribution in [1.82, 2.24) is 4.57 Å². The summed E-state index contributed by atoms with van der Waals surface area (Å²) in [4.78, 5) is 0. The molecular formula is C10H21NOSi. The molecule has 0 aliphatic heterocycles. The fourth-order valence-corrected chi connectivity index (χ4v) is 3.50. The molecule has 0 spiro atoms. The van der Waals surface area contributed by atoms with Crippen molar-refractivity contribution >= 4 is 9.20 Å². The van der Waals surface area contributed by atoms with Crippen molar-refractivity contribution in [3.05, 3.63) is 25.3 Å². The minimum Gasteiger partial charge on any atom is -0.409 e. The standard InChI is InChI=1S/C10H21NOSi/c1-5-8-11(9-6-2)13(12-4)10-7-3/h5-6,13H,1-2,7-10H2,3-4H3. The van der Waals surface area contributed by atoms with Crippen LogP contribution in [0.2, 0.25) is 6.04 Å². The highest BCUT2D eigenvalue weighted by Gasteiger charge is 2.16. The molecule has 13 heavy (non-hydrogen) atoms. The first-order valence-electron chi connectivity index (χ1n) is 4.78. The van der Waals surface area contributed by atoms with Gasteiger partial charge in [0.15, 0.2) is 0 Å². The van der Waals surface area contributed by atoms with Gasteiger partial charge in [0.25, 0.3) is 9.20 Å². The molecule has 0 aliphatic carbocycles. The first-order valence-corrected chi connectivity index (χ1v) is 6.59. The van der Waals surface area contributed by atoms with Crippen molar-refractivity contribution in [3.63, 3.8) is 0 Å². The van der Waals surface area contributed by atoms with E-state index in [1.165, 1.54) is 12.5 Å². The second-order valence-electron chi connectivity index (χ2n) is 3.01. The molecule has 0 aromatic rings. The third-order valence-corrected chi connectivity index (χ3v) is 4.79. The molecule has 0 amide bonds. The van der Waals surface area contributed by atoms with Gasteiger partial charge in [-0.25, -0.2) is 0 Å². The Labute approximate surface area is 83.7 Å². The molecule has 3 heteroatoms. The van der Waals surface area contributed by atoms with Crippen molar-refractivity contribution in [1.29, 1.82) is 0 Å². The number of nitrogens with zero attached hydrogens (tertiary/aromatic N) is 1. The maximum absolute atomic E-state index is 5.53. The van der Waals surface area contributed by atoms with E-state index in [0.717, 1.165) is 13.1 Å². The Morgan fingerprint density at radius 1 is 1.31 bits per heavy atom. The predicted molar refractivity (Wildman–Crippen MR) is 61.2 cm³/mol. The van der Waals surface area contributed by atoms with Gasteiger partial charge in [0.1, 0.15) is 0 Å². The van der Waals surface area contributed by atoms with Crippen LogP contribution in [0.1, 0.15) is 13.3 Å². The van der Waals surface area contributed by atoms with Gasteiger partial charge in [-0.1, -0.05) is 25.5 Å². The van der Waals surface area contributed by atoms with Gasteiger partial charge in [-0.05, 0) is 6.04 Å². The highest BCUT2D eigenvalue weighted by molar-refractivity contribution is 6.48. The highest BCUT2D eigenvalue weighted by atomic mass is 28.3. The lowest BCUT2D eigenvalue weighted by molar-refractivity contribution is 0.339. The molecule has 0 saturated heterocycles. The highest BCUT2D eigenvalue weighted by Crippen LogP contribution is 2.04. The zero-order valence-corrected chi connectivity index (χ0v) is 9.98. The summed E-state index contributed by atoms with van der Waals surface area (Å²) in [6, 6.07) is 1.19. The molecule has 0 saturated carbocycles. The van der Waals surface area contributed by atoms with Gasteiger partial charge in [0.2, 0.25) is 0 Å². The summed E-state index contributed by atoms with van der Waals surface area (Å²) in [5, 5.41) is 0. The fourth-order valence-electron chi connectivity index (χ4n) is 1.34. The van der Waals surface area contributed by atoms with Crippen LogP contribution < -0.4 is 0 Å². The van der Waals surface area contributed by atoms with Crippen LogP contribution in [0.15, 0.2) is 25.3 Å². The Balaban J connectivity index is 4.09. The third-order valence-electron chi connectivity index (χ3n) is 1.94. The number of hydrogen-bond acceptors (Lipinski definition) is 2. The second-order valence-corrected chi connectivity index (χ2v) is 5.70. The molecule has 2 nitrogen and oxygen atoms in total. The van der Waals surface area contributed by atoms with Gasteiger partial charge in [-0.3, -0.25) is 4.57 Å². The molecule has 1 unspecified atom stereocenters. The monoisotopic (exact) mass is 199 g/mol. The molecule has 0 aromatic carbocycles. The Hall–Kier alpha value is -0.383. The minimum atomic E-state index is -1.17.